The average Bonchev–Trinajstić information content (AvgIpc) is 3.04. The molecular weight excluding hydrogens is 387 g/mol. The van der Waals surface area contributed by atoms with Crippen molar-refractivity contribution in [3.63, 3.8) is 0 Å². The number of amides is 1. The van der Waals surface area contributed by atoms with E-state index in [-0.39, 0.29) is 12.5 Å². The van der Waals surface area contributed by atoms with Crippen LogP contribution in [0.15, 0.2) is 54.9 Å². The molecule has 0 saturated heterocycles. The van der Waals surface area contributed by atoms with Gasteiger partial charge >= 0.3 is 0 Å². The van der Waals surface area contributed by atoms with Gasteiger partial charge in [0.2, 0.25) is 5.91 Å². The fourth-order valence-corrected chi connectivity index (χ4v) is 4.06. The van der Waals surface area contributed by atoms with E-state index in [2.05, 4.69) is 4.98 Å². The first kappa shape index (κ1) is 18.4. The number of aromatic nitrogens is 1. The quantitative estimate of drug-likeness (QED) is 0.662. The second-order valence-electron chi connectivity index (χ2n) is 7.17. The molecule has 3 aromatic rings. The monoisotopic (exact) mass is 406 g/mol. The molecule has 2 aromatic carbocycles. The Balaban J connectivity index is 1.59. The number of benzene rings is 2. The largest absolute Gasteiger partial charge is 0.496 e. The predicted octanol–water partition coefficient (Wildman–Crippen LogP) is 3.68. The van der Waals surface area contributed by atoms with Crippen molar-refractivity contribution in [3.05, 3.63) is 77.4 Å². The van der Waals surface area contributed by atoms with Crippen molar-refractivity contribution < 1.29 is 23.4 Å². The number of ether oxygens (including phenoxy) is 3. The highest BCUT2D eigenvalue weighted by Gasteiger charge is 2.40. The van der Waals surface area contributed by atoms with Gasteiger partial charge in [-0.3, -0.25) is 9.78 Å². The number of pyridine rings is 1. The first-order valence-electron chi connectivity index (χ1n) is 9.63. The standard InChI is InChI=1S/C23H19FN2O4/c1-28-19-10-21-20(29-6-7-30-21)9-17(19)22-16-4-2-3-5-18(16)26(23(22)27)13-14-8-15(24)12-25-11-14/h2-5,8-12,22H,6-7,13H2,1H3. The summed E-state index contributed by atoms with van der Waals surface area (Å²) in [5.41, 5.74) is 2.97. The molecule has 1 amide bonds. The summed E-state index contributed by atoms with van der Waals surface area (Å²) in [7, 11) is 1.57. The van der Waals surface area contributed by atoms with Gasteiger partial charge in [0.1, 0.15) is 24.8 Å². The van der Waals surface area contributed by atoms with E-state index in [4.69, 9.17) is 14.2 Å². The van der Waals surface area contributed by atoms with Crippen molar-refractivity contribution in [2.75, 3.05) is 25.2 Å². The third-order valence-corrected chi connectivity index (χ3v) is 5.36. The molecule has 3 heterocycles. The molecule has 5 rings (SSSR count). The van der Waals surface area contributed by atoms with Gasteiger partial charge in [-0.25, -0.2) is 4.39 Å². The van der Waals surface area contributed by atoms with Gasteiger partial charge < -0.3 is 19.1 Å². The Morgan fingerprint density at radius 3 is 2.63 bits per heavy atom. The van der Waals surface area contributed by atoms with Crippen molar-refractivity contribution in [2.45, 2.75) is 12.5 Å². The lowest BCUT2D eigenvalue weighted by molar-refractivity contribution is -0.118. The Kier molecular flexibility index (Phi) is 4.50. The Labute approximate surface area is 172 Å². The van der Waals surface area contributed by atoms with Gasteiger partial charge in [0.15, 0.2) is 11.5 Å². The van der Waals surface area contributed by atoms with Crippen LogP contribution in [0.2, 0.25) is 0 Å². The molecule has 7 heteroatoms. The lowest BCUT2D eigenvalue weighted by Gasteiger charge is -2.23. The van der Waals surface area contributed by atoms with Crippen LogP contribution >= 0.6 is 0 Å². The third kappa shape index (κ3) is 3.03. The molecule has 0 aliphatic carbocycles. The first-order chi connectivity index (χ1) is 14.7. The molecule has 2 aliphatic heterocycles. The Hall–Kier alpha value is -3.61. The van der Waals surface area contributed by atoms with Crippen LogP contribution in [0.4, 0.5) is 10.1 Å². The number of rotatable bonds is 4. The molecule has 152 valence electrons. The highest BCUT2D eigenvalue weighted by Crippen LogP contribution is 2.47. The molecular formula is C23H19FN2O4. The van der Waals surface area contributed by atoms with Gasteiger partial charge in [-0.1, -0.05) is 18.2 Å². The normalized spacial score (nSPS) is 17.1. The highest BCUT2D eigenvalue weighted by molar-refractivity contribution is 6.07. The van der Waals surface area contributed by atoms with Crippen molar-refractivity contribution in [1.29, 1.82) is 0 Å². The summed E-state index contributed by atoms with van der Waals surface area (Å²) in [6.45, 7) is 1.15. The lowest BCUT2D eigenvalue weighted by atomic mass is 9.91. The number of halogens is 1. The second-order valence-corrected chi connectivity index (χ2v) is 7.17. The molecule has 30 heavy (non-hydrogen) atoms. The molecule has 0 radical (unpaired) electrons. The van der Waals surface area contributed by atoms with E-state index in [0.717, 1.165) is 17.4 Å². The zero-order valence-electron chi connectivity index (χ0n) is 16.3. The predicted molar refractivity (Wildman–Crippen MR) is 108 cm³/mol. The topological polar surface area (TPSA) is 60.9 Å². The summed E-state index contributed by atoms with van der Waals surface area (Å²) in [5, 5.41) is 0. The van der Waals surface area contributed by atoms with Crippen LogP contribution in [0.25, 0.3) is 0 Å². The smallest absolute Gasteiger partial charge is 0.239 e. The number of hydrogen-bond donors (Lipinski definition) is 0. The fourth-order valence-electron chi connectivity index (χ4n) is 4.06. The minimum absolute atomic E-state index is 0.115. The van der Waals surface area contributed by atoms with Crippen molar-refractivity contribution >= 4 is 11.6 Å². The minimum Gasteiger partial charge on any atom is -0.496 e. The van der Waals surface area contributed by atoms with E-state index in [9.17, 15) is 9.18 Å². The van der Waals surface area contributed by atoms with Gasteiger partial charge in [0.05, 0.1) is 25.8 Å². The van der Waals surface area contributed by atoms with Crippen molar-refractivity contribution in [2.24, 2.45) is 0 Å². The zero-order valence-corrected chi connectivity index (χ0v) is 16.3. The molecule has 0 spiro atoms. The van der Waals surface area contributed by atoms with Gasteiger partial charge in [-0.2, -0.15) is 0 Å². The Bertz CT molecular complexity index is 1130. The molecule has 1 aromatic heterocycles. The molecule has 0 bridgehead atoms. The van der Waals surface area contributed by atoms with Gasteiger partial charge in [-0.05, 0) is 29.3 Å². The number of methoxy groups -OCH3 is 1. The molecule has 0 fully saturated rings. The summed E-state index contributed by atoms with van der Waals surface area (Å²) in [5.74, 6) is 0.640. The zero-order chi connectivity index (χ0) is 20.7. The van der Waals surface area contributed by atoms with Gasteiger partial charge in [0, 0.05) is 23.5 Å². The number of anilines is 1. The van der Waals surface area contributed by atoms with E-state index in [1.54, 1.807) is 24.3 Å². The van der Waals surface area contributed by atoms with Gasteiger partial charge in [-0.15, -0.1) is 0 Å². The maximum absolute atomic E-state index is 13.6. The fraction of sp³-hybridized carbons (Fsp3) is 0.217. The van der Waals surface area contributed by atoms with E-state index in [1.165, 1.54) is 6.07 Å². The van der Waals surface area contributed by atoms with Crippen LogP contribution in [-0.2, 0) is 11.3 Å². The third-order valence-electron chi connectivity index (χ3n) is 5.36. The molecule has 6 nitrogen and oxygen atoms in total. The maximum atomic E-state index is 13.6. The molecule has 0 N–H and O–H groups in total. The van der Waals surface area contributed by atoms with Crippen molar-refractivity contribution in [3.8, 4) is 17.2 Å². The van der Waals surface area contributed by atoms with Gasteiger partial charge in [0.25, 0.3) is 0 Å². The summed E-state index contributed by atoms with van der Waals surface area (Å²) in [6, 6.07) is 12.6. The molecule has 0 saturated carbocycles. The number of para-hydroxylation sites is 1. The van der Waals surface area contributed by atoms with Crippen LogP contribution in [0.3, 0.4) is 0 Å². The Morgan fingerprint density at radius 2 is 1.87 bits per heavy atom. The molecule has 2 aliphatic rings. The van der Waals surface area contributed by atoms with Crippen LogP contribution < -0.4 is 19.1 Å². The van der Waals surface area contributed by atoms with E-state index >= 15 is 0 Å². The van der Waals surface area contributed by atoms with Crippen LogP contribution in [0.5, 0.6) is 17.2 Å². The van der Waals surface area contributed by atoms with Crippen LogP contribution in [0, 0.1) is 5.82 Å². The van der Waals surface area contributed by atoms with E-state index in [1.807, 2.05) is 30.3 Å². The number of carbonyl (C=O) groups excluding carboxylic acids is 1. The van der Waals surface area contributed by atoms with E-state index in [0.29, 0.717) is 41.6 Å². The highest BCUT2D eigenvalue weighted by atomic mass is 19.1. The summed E-state index contributed by atoms with van der Waals surface area (Å²) < 4.78 is 30.6. The minimum atomic E-state index is -0.562. The van der Waals surface area contributed by atoms with Crippen LogP contribution in [-0.4, -0.2) is 31.2 Å². The number of hydrogen-bond acceptors (Lipinski definition) is 5. The molecule has 1 unspecified atom stereocenters. The number of carbonyl (C=O) groups is 1. The molecule has 1 atom stereocenters. The maximum Gasteiger partial charge on any atom is 0.239 e. The number of nitrogens with zero attached hydrogens (tertiary/aromatic N) is 2. The summed E-state index contributed by atoms with van der Waals surface area (Å²) in [4.78, 5) is 19.1. The average molecular weight is 406 g/mol. The lowest BCUT2D eigenvalue weighted by Crippen LogP contribution is -2.29. The van der Waals surface area contributed by atoms with E-state index < -0.39 is 11.7 Å². The summed E-state index contributed by atoms with van der Waals surface area (Å²) in [6.07, 6.45) is 2.71. The number of fused-ring (bicyclic) bond motifs is 2. The Morgan fingerprint density at radius 1 is 1.10 bits per heavy atom. The van der Waals surface area contributed by atoms with Crippen LogP contribution in [0.1, 0.15) is 22.6 Å². The SMILES string of the molecule is COc1cc2c(cc1C1C(=O)N(Cc3cncc(F)c3)c3ccccc31)OCCO2. The first-order valence-corrected chi connectivity index (χ1v) is 9.63. The van der Waals surface area contributed by atoms with Crippen molar-refractivity contribution in [1.82, 2.24) is 4.98 Å². The summed E-state index contributed by atoms with van der Waals surface area (Å²) >= 11 is 0. The second kappa shape index (κ2) is 7.33.